The Bertz CT molecular complexity index is 176. The molecular formula is C9H16N2O. The van der Waals surface area contributed by atoms with Gasteiger partial charge in [-0.2, -0.15) is 5.26 Å². The lowest BCUT2D eigenvalue weighted by atomic mass is 10.0. The number of nitrogens with one attached hydrogen (secondary N) is 1. The van der Waals surface area contributed by atoms with Crippen LogP contribution in [0.25, 0.3) is 0 Å². The molecule has 68 valence electrons. The first-order chi connectivity index (χ1) is 5.77. The van der Waals surface area contributed by atoms with Crippen LogP contribution in [0.3, 0.4) is 0 Å². The molecule has 3 nitrogen and oxygen atoms in total. The minimum absolute atomic E-state index is 0.0952. The Hall–Kier alpha value is -0.590. The summed E-state index contributed by atoms with van der Waals surface area (Å²) in [4.78, 5) is 0. The van der Waals surface area contributed by atoms with Gasteiger partial charge in [-0.25, -0.2) is 0 Å². The fraction of sp³-hybridized carbons (Fsp3) is 0.889. The smallest absolute Gasteiger partial charge is 0.0926 e. The first kappa shape index (κ1) is 9.50. The molecule has 0 heterocycles. The highest BCUT2D eigenvalue weighted by atomic mass is 16.3. The lowest BCUT2D eigenvalue weighted by Crippen LogP contribution is -2.39. The summed E-state index contributed by atoms with van der Waals surface area (Å²) in [6.45, 7) is 2.10. The van der Waals surface area contributed by atoms with Crippen molar-refractivity contribution in [3.05, 3.63) is 0 Å². The molecule has 0 aliphatic heterocycles. The van der Waals surface area contributed by atoms with Gasteiger partial charge in [0.1, 0.15) is 0 Å². The Kier molecular flexibility index (Phi) is 3.51. The van der Waals surface area contributed by atoms with Crippen molar-refractivity contribution in [1.29, 1.82) is 5.26 Å². The van der Waals surface area contributed by atoms with Crippen molar-refractivity contribution in [3.8, 4) is 6.07 Å². The van der Waals surface area contributed by atoms with E-state index in [0.717, 1.165) is 12.8 Å². The number of hydrogen-bond donors (Lipinski definition) is 2. The summed E-state index contributed by atoms with van der Waals surface area (Å²) in [5.74, 6) is 0.362. The van der Waals surface area contributed by atoms with Gasteiger partial charge >= 0.3 is 0 Å². The highest BCUT2D eigenvalue weighted by Gasteiger charge is 2.27. The second-order valence-electron chi connectivity index (χ2n) is 3.50. The first-order valence-electron chi connectivity index (χ1n) is 4.54. The highest BCUT2D eigenvalue weighted by Crippen LogP contribution is 2.25. The van der Waals surface area contributed by atoms with E-state index in [2.05, 4.69) is 11.4 Å². The summed E-state index contributed by atoms with van der Waals surface area (Å²) < 4.78 is 0. The number of nitriles is 1. The summed E-state index contributed by atoms with van der Waals surface area (Å²) >= 11 is 0. The second-order valence-corrected chi connectivity index (χ2v) is 3.50. The maximum atomic E-state index is 9.00. The van der Waals surface area contributed by atoms with E-state index in [1.54, 1.807) is 0 Å². The van der Waals surface area contributed by atoms with E-state index in [9.17, 15) is 0 Å². The predicted octanol–water partition coefficient (Wildman–Crippen LogP) is 0.649. The average molecular weight is 168 g/mol. The Morgan fingerprint density at radius 2 is 2.42 bits per heavy atom. The zero-order valence-electron chi connectivity index (χ0n) is 7.45. The number of aliphatic hydroxyl groups excluding tert-OH is 1. The number of rotatable bonds is 3. The van der Waals surface area contributed by atoms with Crippen molar-refractivity contribution < 1.29 is 5.11 Å². The van der Waals surface area contributed by atoms with Crippen molar-refractivity contribution in [2.45, 2.75) is 38.3 Å². The van der Waals surface area contributed by atoms with Crippen LogP contribution in [0.5, 0.6) is 0 Å². The molecule has 3 atom stereocenters. The fourth-order valence-electron chi connectivity index (χ4n) is 1.83. The van der Waals surface area contributed by atoms with E-state index in [4.69, 9.17) is 10.4 Å². The van der Waals surface area contributed by atoms with E-state index in [0.29, 0.717) is 12.0 Å². The van der Waals surface area contributed by atoms with Crippen LogP contribution in [0.2, 0.25) is 0 Å². The van der Waals surface area contributed by atoms with Gasteiger partial charge in [0.15, 0.2) is 0 Å². The van der Waals surface area contributed by atoms with Crippen LogP contribution in [-0.2, 0) is 0 Å². The van der Waals surface area contributed by atoms with Crippen LogP contribution >= 0.6 is 0 Å². The maximum absolute atomic E-state index is 9.00. The fourth-order valence-corrected chi connectivity index (χ4v) is 1.83. The van der Waals surface area contributed by atoms with Gasteiger partial charge in [0.2, 0.25) is 0 Å². The molecule has 0 bridgehead atoms. The Balaban J connectivity index is 2.36. The molecule has 0 aromatic rings. The summed E-state index contributed by atoms with van der Waals surface area (Å²) in [5, 5.41) is 20.8. The molecule has 0 aromatic heterocycles. The molecule has 0 radical (unpaired) electrons. The molecule has 12 heavy (non-hydrogen) atoms. The quantitative estimate of drug-likeness (QED) is 0.650. The Morgan fingerprint density at radius 3 is 3.00 bits per heavy atom. The molecule has 0 spiro atoms. The predicted molar refractivity (Wildman–Crippen MR) is 46.4 cm³/mol. The second kappa shape index (κ2) is 4.44. The molecule has 3 heteroatoms. The van der Waals surface area contributed by atoms with Gasteiger partial charge in [0.25, 0.3) is 0 Å². The summed E-state index contributed by atoms with van der Waals surface area (Å²) in [6, 6.07) is 2.40. The SMILES string of the molecule is CC(C#N)N[C@@H]1CCC[C@@H]1CO. The molecule has 0 aromatic carbocycles. The van der Waals surface area contributed by atoms with Crippen LogP contribution in [0.4, 0.5) is 0 Å². The molecule has 2 N–H and O–H groups in total. The number of hydrogen-bond acceptors (Lipinski definition) is 3. The minimum Gasteiger partial charge on any atom is -0.396 e. The zero-order chi connectivity index (χ0) is 8.97. The summed E-state index contributed by atoms with van der Waals surface area (Å²) in [5.41, 5.74) is 0. The van der Waals surface area contributed by atoms with Crippen molar-refractivity contribution in [2.24, 2.45) is 5.92 Å². The lowest BCUT2D eigenvalue weighted by molar-refractivity contribution is 0.203. The molecule has 1 saturated carbocycles. The normalized spacial score (nSPS) is 31.4. The molecule has 0 amide bonds. The van der Waals surface area contributed by atoms with Crippen LogP contribution in [0.1, 0.15) is 26.2 Å². The molecule has 1 aliphatic carbocycles. The summed E-state index contributed by atoms with van der Waals surface area (Å²) in [7, 11) is 0. The lowest BCUT2D eigenvalue weighted by Gasteiger charge is -2.20. The van der Waals surface area contributed by atoms with E-state index in [1.165, 1.54) is 6.42 Å². The zero-order valence-corrected chi connectivity index (χ0v) is 7.45. The molecule has 1 rings (SSSR count). The van der Waals surface area contributed by atoms with Gasteiger partial charge in [-0.05, 0) is 25.7 Å². The van der Waals surface area contributed by atoms with E-state index < -0.39 is 0 Å². The van der Waals surface area contributed by atoms with Gasteiger partial charge < -0.3 is 5.11 Å². The van der Waals surface area contributed by atoms with E-state index >= 15 is 0 Å². The van der Waals surface area contributed by atoms with Crippen LogP contribution in [-0.4, -0.2) is 23.8 Å². The van der Waals surface area contributed by atoms with Crippen molar-refractivity contribution in [2.75, 3.05) is 6.61 Å². The number of aliphatic hydroxyl groups is 1. The van der Waals surface area contributed by atoms with Gasteiger partial charge in [0, 0.05) is 12.6 Å². The average Bonchev–Trinajstić information content (AvgIpc) is 2.51. The first-order valence-corrected chi connectivity index (χ1v) is 4.54. The maximum Gasteiger partial charge on any atom is 0.0926 e. The van der Waals surface area contributed by atoms with Crippen LogP contribution < -0.4 is 5.32 Å². The molecule has 1 fully saturated rings. The van der Waals surface area contributed by atoms with Gasteiger partial charge in [-0.15, -0.1) is 0 Å². The standard InChI is InChI=1S/C9H16N2O/c1-7(5-10)11-9-4-2-3-8(9)6-12/h7-9,11-12H,2-4,6H2,1H3/t7?,8-,9-/m1/s1. The van der Waals surface area contributed by atoms with Crippen LogP contribution in [0.15, 0.2) is 0 Å². The van der Waals surface area contributed by atoms with E-state index in [1.807, 2.05) is 6.92 Å². The van der Waals surface area contributed by atoms with Crippen molar-refractivity contribution in [1.82, 2.24) is 5.32 Å². The molecule has 0 saturated heterocycles. The van der Waals surface area contributed by atoms with Crippen LogP contribution in [0, 0.1) is 17.2 Å². The van der Waals surface area contributed by atoms with Gasteiger partial charge in [0.05, 0.1) is 12.1 Å². The molecule has 1 aliphatic rings. The number of nitrogens with zero attached hydrogens (tertiary/aromatic N) is 1. The van der Waals surface area contributed by atoms with Gasteiger partial charge in [-0.3, -0.25) is 5.32 Å². The molecule has 1 unspecified atom stereocenters. The van der Waals surface area contributed by atoms with Crippen molar-refractivity contribution >= 4 is 0 Å². The largest absolute Gasteiger partial charge is 0.396 e. The van der Waals surface area contributed by atoms with Gasteiger partial charge in [-0.1, -0.05) is 6.42 Å². The highest BCUT2D eigenvalue weighted by molar-refractivity contribution is 4.92. The Labute approximate surface area is 73.4 Å². The molecular weight excluding hydrogens is 152 g/mol. The summed E-state index contributed by atoms with van der Waals surface area (Å²) in [6.07, 6.45) is 3.35. The monoisotopic (exact) mass is 168 g/mol. The topological polar surface area (TPSA) is 56.0 Å². The Morgan fingerprint density at radius 1 is 1.67 bits per heavy atom. The van der Waals surface area contributed by atoms with Crippen molar-refractivity contribution in [3.63, 3.8) is 0 Å². The third kappa shape index (κ3) is 2.20. The third-order valence-electron chi connectivity index (χ3n) is 2.55. The van der Waals surface area contributed by atoms with E-state index in [-0.39, 0.29) is 12.6 Å². The minimum atomic E-state index is -0.0952. The third-order valence-corrected chi connectivity index (χ3v) is 2.55.